The van der Waals surface area contributed by atoms with E-state index < -0.39 is 0 Å². The van der Waals surface area contributed by atoms with E-state index in [-0.39, 0.29) is 30.1 Å². The molecule has 0 spiro atoms. The SMILES string of the molecule is CN(Cc1nc([C@@H]2CC(=O)N(c3ccc(F)cc3)C2)cc(N(C)C)n1)C(=O)c1ccccc1. The Balaban J connectivity index is 1.57. The Kier molecular flexibility index (Phi) is 6.35. The van der Waals surface area contributed by atoms with Crippen LogP contribution < -0.4 is 9.80 Å². The van der Waals surface area contributed by atoms with Crippen LogP contribution in [0.25, 0.3) is 0 Å². The number of hydrogen-bond donors (Lipinski definition) is 0. The van der Waals surface area contributed by atoms with Crippen molar-refractivity contribution in [3.63, 3.8) is 0 Å². The highest BCUT2D eigenvalue weighted by molar-refractivity contribution is 5.96. The van der Waals surface area contributed by atoms with Crippen molar-refractivity contribution < 1.29 is 14.0 Å². The summed E-state index contributed by atoms with van der Waals surface area (Å²) in [5.41, 5.74) is 2.02. The summed E-state index contributed by atoms with van der Waals surface area (Å²) in [5.74, 6) is 0.605. The Hall–Kier alpha value is -3.81. The molecule has 0 bridgehead atoms. The van der Waals surface area contributed by atoms with Gasteiger partial charge in [0.25, 0.3) is 5.91 Å². The summed E-state index contributed by atoms with van der Waals surface area (Å²) in [6.45, 7) is 0.692. The molecule has 1 atom stereocenters. The quantitative estimate of drug-likeness (QED) is 0.579. The summed E-state index contributed by atoms with van der Waals surface area (Å²) in [5, 5.41) is 0. The normalized spacial score (nSPS) is 15.6. The average molecular weight is 448 g/mol. The Morgan fingerprint density at radius 2 is 1.76 bits per heavy atom. The van der Waals surface area contributed by atoms with Crippen LogP contribution in [0.3, 0.4) is 0 Å². The molecule has 1 fully saturated rings. The Labute approximate surface area is 192 Å². The molecular weight excluding hydrogens is 421 g/mol. The number of hydrogen-bond acceptors (Lipinski definition) is 5. The van der Waals surface area contributed by atoms with E-state index in [1.54, 1.807) is 41.1 Å². The number of aromatic nitrogens is 2. The van der Waals surface area contributed by atoms with Crippen molar-refractivity contribution in [3.05, 3.63) is 83.6 Å². The van der Waals surface area contributed by atoms with Crippen molar-refractivity contribution >= 4 is 23.3 Å². The van der Waals surface area contributed by atoms with Crippen LogP contribution in [0.15, 0.2) is 60.7 Å². The van der Waals surface area contributed by atoms with Crippen molar-refractivity contribution in [1.82, 2.24) is 14.9 Å². The second-order valence-corrected chi connectivity index (χ2v) is 8.37. The average Bonchev–Trinajstić information content (AvgIpc) is 3.21. The second-order valence-electron chi connectivity index (χ2n) is 8.37. The first-order valence-corrected chi connectivity index (χ1v) is 10.7. The minimum atomic E-state index is -0.341. The highest BCUT2D eigenvalue weighted by Gasteiger charge is 2.33. The minimum absolute atomic E-state index is 0.0328. The number of carbonyl (C=O) groups is 2. The number of carbonyl (C=O) groups excluding carboxylic acids is 2. The van der Waals surface area contributed by atoms with E-state index in [2.05, 4.69) is 4.98 Å². The first kappa shape index (κ1) is 22.4. The third-order valence-corrected chi connectivity index (χ3v) is 5.66. The maximum atomic E-state index is 13.3. The van der Waals surface area contributed by atoms with E-state index in [0.717, 1.165) is 5.69 Å². The molecule has 8 heteroatoms. The van der Waals surface area contributed by atoms with Crippen LogP contribution in [-0.2, 0) is 11.3 Å². The molecule has 0 unspecified atom stereocenters. The lowest BCUT2D eigenvalue weighted by Gasteiger charge is -2.20. The number of amides is 2. The molecule has 1 aliphatic rings. The fourth-order valence-corrected chi connectivity index (χ4v) is 3.87. The summed E-state index contributed by atoms with van der Waals surface area (Å²) in [6.07, 6.45) is 0.305. The smallest absolute Gasteiger partial charge is 0.254 e. The van der Waals surface area contributed by atoms with Crippen molar-refractivity contribution in [3.8, 4) is 0 Å². The van der Waals surface area contributed by atoms with Gasteiger partial charge in [-0.25, -0.2) is 14.4 Å². The van der Waals surface area contributed by atoms with Crippen LogP contribution in [0, 0.1) is 5.82 Å². The summed E-state index contributed by atoms with van der Waals surface area (Å²) in [7, 11) is 5.49. The summed E-state index contributed by atoms with van der Waals surface area (Å²) < 4.78 is 13.3. The van der Waals surface area contributed by atoms with Gasteiger partial charge in [0.1, 0.15) is 17.5 Å². The van der Waals surface area contributed by atoms with Gasteiger partial charge in [0.05, 0.1) is 12.2 Å². The van der Waals surface area contributed by atoms with Gasteiger partial charge in [-0.05, 0) is 36.4 Å². The van der Waals surface area contributed by atoms with E-state index in [4.69, 9.17) is 4.98 Å². The van der Waals surface area contributed by atoms with E-state index in [0.29, 0.717) is 35.9 Å². The van der Waals surface area contributed by atoms with Crippen molar-refractivity contribution in [1.29, 1.82) is 0 Å². The van der Waals surface area contributed by atoms with Gasteiger partial charge in [-0.2, -0.15) is 0 Å². The van der Waals surface area contributed by atoms with Crippen molar-refractivity contribution in [2.45, 2.75) is 18.9 Å². The number of rotatable bonds is 6. The van der Waals surface area contributed by atoms with Gasteiger partial charge in [-0.15, -0.1) is 0 Å². The molecule has 0 N–H and O–H groups in total. The molecular formula is C25H26FN5O2. The second kappa shape index (κ2) is 9.36. The van der Waals surface area contributed by atoms with Crippen LogP contribution in [0.5, 0.6) is 0 Å². The Bertz CT molecular complexity index is 1150. The van der Waals surface area contributed by atoms with Crippen LogP contribution in [0.1, 0.15) is 34.2 Å². The third kappa shape index (κ3) is 5.00. The number of nitrogens with zero attached hydrogens (tertiary/aromatic N) is 5. The number of anilines is 2. The summed E-state index contributed by atoms with van der Waals surface area (Å²) >= 11 is 0. The molecule has 0 saturated carbocycles. The van der Waals surface area contributed by atoms with Crippen LogP contribution in [0.2, 0.25) is 0 Å². The first-order valence-electron chi connectivity index (χ1n) is 10.7. The van der Waals surface area contributed by atoms with E-state index in [9.17, 15) is 14.0 Å². The molecule has 3 aromatic rings. The van der Waals surface area contributed by atoms with Crippen molar-refractivity contribution in [2.75, 3.05) is 37.5 Å². The Morgan fingerprint density at radius 1 is 1.06 bits per heavy atom. The topological polar surface area (TPSA) is 69.6 Å². The van der Waals surface area contributed by atoms with E-state index in [1.165, 1.54) is 12.1 Å². The van der Waals surface area contributed by atoms with Crippen LogP contribution >= 0.6 is 0 Å². The van der Waals surface area contributed by atoms with Gasteiger partial charge in [-0.1, -0.05) is 18.2 Å². The summed E-state index contributed by atoms with van der Waals surface area (Å²) in [6, 6.07) is 16.9. The largest absolute Gasteiger partial charge is 0.363 e. The van der Waals surface area contributed by atoms with Crippen LogP contribution in [-0.4, -0.2) is 54.4 Å². The molecule has 1 aliphatic heterocycles. The molecule has 33 heavy (non-hydrogen) atoms. The molecule has 2 aromatic carbocycles. The molecule has 170 valence electrons. The van der Waals surface area contributed by atoms with Gasteiger partial charge >= 0.3 is 0 Å². The number of benzene rings is 2. The molecule has 1 saturated heterocycles. The van der Waals surface area contributed by atoms with Gasteiger partial charge in [0.2, 0.25) is 5.91 Å². The minimum Gasteiger partial charge on any atom is -0.363 e. The Morgan fingerprint density at radius 3 is 2.42 bits per heavy atom. The molecule has 0 radical (unpaired) electrons. The lowest BCUT2D eigenvalue weighted by molar-refractivity contribution is -0.117. The fourth-order valence-electron chi connectivity index (χ4n) is 3.87. The molecule has 0 aliphatic carbocycles. The van der Waals surface area contributed by atoms with Crippen LogP contribution in [0.4, 0.5) is 15.9 Å². The molecule has 2 heterocycles. The van der Waals surface area contributed by atoms with Gasteiger partial charge in [0, 0.05) is 57.3 Å². The van der Waals surface area contributed by atoms with Gasteiger partial charge in [0.15, 0.2) is 0 Å². The summed E-state index contributed by atoms with van der Waals surface area (Å²) in [4.78, 5) is 39.9. The predicted molar refractivity (Wildman–Crippen MR) is 125 cm³/mol. The zero-order chi connectivity index (χ0) is 23.5. The maximum absolute atomic E-state index is 13.3. The highest BCUT2D eigenvalue weighted by atomic mass is 19.1. The molecule has 7 nitrogen and oxygen atoms in total. The highest BCUT2D eigenvalue weighted by Crippen LogP contribution is 2.32. The van der Waals surface area contributed by atoms with E-state index >= 15 is 0 Å². The lowest BCUT2D eigenvalue weighted by Crippen LogP contribution is -2.28. The zero-order valence-electron chi connectivity index (χ0n) is 18.9. The van der Waals surface area contributed by atoms with Gasteiger partial charge in [-0.3, -0.25) is 9.59 Å². The fraction of sp³-hybridized carbons (Fsp3) is 0.280. The maximum Gasteiger partial charge on any atom is 0.254 e. The van der Waals surface area contributed by atoms with E-state index in [1.807, 2.05) is 43.3 Å². The zero-order valence-corrected chi connectivity index (χ0v) is 18.9. The standard InChI is InChI=1S/C25H26FN5O2/c1-29(2)23-14-21(18-13-24(32)31(15-18)20-11-9-19(26)10-12-20)27-22(28-23)16-30(3)25(33)17-7-5-4-6-8-17/h4-12,14,18H,13,15-16H2,1-3H3/t18-/m1/s1. The predicted octanol–water partition coefficient (Wildman–Crippen LogP) is 3.47. The lowest BCUT2D eigenvalue weighted by atomic mass is 10.0. The molecule has 1 aromatic heterocycles. The molecule has 4 rings (SSSR count). The van der Waals surface area contributed by atoms with Crippen molar-refractivity contribution in [2.24, 2.45) is 0 Å². The van der Waals surface area contributed by atoms with Gasteiger partial charge < -0.3 is 14.7 Å². The first-order chi connectivity index (χ1) is 15.8. The number of halogens is 1. The third-order valence-electron chi connectivity index (χ3n) is 5.66. The molecule has 2 amide bonds. The monoisotopic (exact) mass is 447 g/mol.